The fraction of sp³-hybridized carbons (Fsp3) is 0.500. The van der Waals surface area contributed by atoms with E-state index in [-0.39, 0.29) is 0 Å². The van der Waals surface area contributed by atoms with Crippen molar-refractivity contribution in [3.63, 3.8) is 0 Å². The summed E-state index contributed by atoms with van der Waals surface area (Å²) in [5.41, 5.74) is 2.84. The number of likely N-dealkylation sites (N-methyl/N-ethyl adjacent to an activating group) is 1. The third-order valence-electron chi connectivity index (χ3n) is 3.93. The van der Waals surface area contributed by atoms with Gasteiger partial charge in [0.2, 0.25) is 5.89 Å². The number of nitrogens with one attached hydrogen (secondary N) is 1. The number of hydrogen-bond acceptors (Lipinski definition) is 4. The van der Waals surface area contributed by atoms with Crippen LogP contribution in [0.15, 0.2) is 28.8 Å². The molecule has 0 saturated heterocycles. The summed E-state index contributed by atoms with van der Waals surface area (Å²) in [5, 5.41) is 7.54. The van der Waals surface area contributed by atoms with E-state index in [2.05, 4.69) is 53.6 Å². The fourth-order valence-electron chi connectivity index (χ4n) is 2.94. The SMILES string of the molecule is CCNC(C)Cc1nc(C2Cc3ccccc3C2)no1. The third-order valence-corrected chi connectivity index (χ3v) is 3.93. The van der Waals surface area contributed by atoms with Crippen LogP contribution in [0.25, 0.3) is 0 Å². The molecular weight excluding hydrogens is 250 g/mol. The van der Waals surface area contributed by atoms with Crippen molar-refractivity contribution in [2.75, 3.05) is 6.54 Å². The van der Waals surface area contributed by atoms with Gasteiger partial charge in [-0.25, -0.2) is 0 Å². The molecule has 1 atom stereocenters. The van der Waals surface area contributed by atoms with Gasteiger partial charge in [0.25, 0.3) is 0 Å². The highest BCUT2D eigenvalue weighted by atomic mass is 16.5. The van der Waals surface area contributed by atoms with Crippen LogP contribution < -0.4 is 5.32 Å². The standard InChI is InChI=1S/C16H21N3O/c1-3-17-11(2)8-15-18-16(19-20-15)14-9-12-6-4-5-7-13(12)10-14/h4-7,11,14,17H,3,8-10H2,1-2H3. The van der Waals surface area contributed by atoms with Crippen LogP contribution in [-0.2, 0) is 19.3 Å². The van der Waals surface area contributed by atoms with E-state index < -0.39 is 0 Å². The molecule has 0 saturated carbocycles. The molecule has 20 heavy (non-hydrogen) atoms. The molecule has 1 heterocycles. The molecule has 0 bridgehead atoms. The van der Waals surface area contributed by atoms with Crippen LogP contribution >= 0.6 is 0 Å². The zero-order valence-corrected chi connectivity index (χ0v) is 12.1. The van der Waals surface area contributed by atoms with Gasteiger partial charge in [-0.05, 0) is 37.4 Å². The van der Waals surface area contributed by atoms with E-state index in [1.165, 1.54) is 11.1 Å². The van der Waals surface area contributed by atoms with E-state index in [4.69, 9.17) is 4.52 Å². The van der Waals surface area contributed by atoms with Crippen LogP contribution in [0.3, 0.4) is 0 Å². The highest BCUT2D eigenvalue weighted by Crippen LogP contribution is 2.32. The van der Waals surface area contributed by atoms with Crippen LogP contribution in [0.4, 0.5) is 0 Å². The lowest BCUT2D eigenvalue weighted by Gasteiger charge is -2.08. The monoisotopic (exact) mass is 271 g/mol. The average Bonchev–Trinajstić information content (AvgIpc) is 3.04. The maximum atomic E-state index is 5.39. The zero-order chi connectivity index (χ0) is 13.9. The molecule has 1 aromatic carbocycles. The molecule has 4 heteroatoms. The molecule has 1 unspecified atom stereocenters. The molecule has 3 rings (SSSR count). The summed E-state index contributed by atoms with van der Waals surface area (Å²) in [6.45, 7) is 5.20. The number of rotatable bonds is 5. The molecule has 1 aliphatic carbocycles. The number of fused-ring (bicyclic) bond motifs is 1. The highest BCUT2D eigenvalue weighted by Gasteiger charge is 2.26. The van der Waals surface area contributed by atoms with Crippen molar-refractivity contribution >= 4 is 0 Å². The normalized spacial score (nSPS) is 16.3. The predicted octanol–water partition coefficient (Wildman–Crippen LogP) is 2.49. The highest BCUT2D eigenvalue weighted by molar-refractivity contribution is 5.34. The smallest absolute Gasteiger partial charge is 0.228 e. The molecule has 0 fully saturated rings. The Labute approximate surface area is 119 Å². The topological polar surface area (TPSA) is 51.0 Å². The zero-order valence-electron chi connectivity index (χ0n) is 12.1. The van der Waals surface area contributed by atoms with Crippen molar-refractivity contribution < 1.29 is 4.52 Å². The van der Waals surface area contributed by atoms with Gasteiger partial charge in [-0.1, -0.05) is 36.3 Å². The first-order valence-corrected chi connectivity index (χ1v) is 7.39. The molecule has 0 spiro atoms. The Morgan fingerprint density at radius 2 is 2.00 bits per heavy atom. The Morgan fingerprint density at radius 1 is 1.30 bits per heavy atom. The summed E-state index contributed by atoms with van der Waals surface area (Å²) in [6, 6.07) is 8.96. The molecule has 0 radical (unpaired) electrons. The van der Waals surface area contributed by atoms with E-state index in [9.17, 15) is 0 Å². The lowest BCUT2D eigenvalue weighted by atomic mass is 10.1. The predicted molar refractivity (Wildman–Crippen MR) is 77.7 cm³/mol. The average molecular weight is 271 g/mol. The van der Waals surface area contributed by atoms with Gasteiger partial charge in [0, 0.05) is 18.4 Å². The maximum absolute atomic E-state index is 5.39. The second-order valence-corrected chi connectivity index (χ2v) is 5.58. The summed E-state index contributed by atoms with van der Waals surface area (Å²) in [7, 11) is 0. The van der Waals surface area contributed by atoms with Gasteiger partial charge in [0.05, 0.1) is 0 Å². The van der Waals surface area contributed by atoms with E-state index in [0.29, 0.717) is 12.0 Å². The van der Waals surface area contributed by atoms with Gasteiger partial charge in [-0.15, -0.1) is 0 Å². The van der Waals surface area contributed by atoms with Gasteiger partial charge < -0.3 is 9.84 Å². The number of benzene rings is 1. The Bertz CT molecular complexity index is 554. The van der Waals surface area contributed by atoms with Crippen LogP contribution in [0, 0.1) is 0 Å². The molecule has 0 aliphatic heterocycles. The van der Waals surface area contributed by atoms with Crippen LogP contribution in [0.5, 0.6) is 0 Å². The third kappa shape index (κ3) is 2.75. The second-order valence-electron chi connectivity index (χ2n) is 5.58. The molecular formula is C16H21N3O. The summed E-state index contributed by atoms with van der Waals surface area (Å²) in [6.07, 6.45) is 2.84. The van der Waals surface area contributed by atoms with Crippen molar-refractivity contribution in [1.29, 1.82) is 0 Å². The Balaban J connectivity index is 1.67. The molecule has 1 N–H and O–H groups in total. The molecule has 106 valence electrons. The minimum absolute atomic E-state index is 0.370. The molecule has 2 aromatic rings. The summed E-state index contributed by atoms with van der Waals surface area (Å²) < 4.78 is 5.39. The molecule has 1 aliphatic rings. The van der Waals surface area contributed by atoms with Crippen molar-refractivity contribution in [3.8, 4) is 0 Å². The summed E-state index contributed by atoms with van der Waals surface area (Å²) in [4.78, 5) is 4.58. The van der Waals surface area contributed by atoms with E-state index in [1.807, 2.05) is 0 Å². The van der Waals surface area contributed by atoms with Crippen LogP contribution in [0.2, 0.25) is 0 Å². The second kappa shape index (κ2) is 5.75. The van der Waals surface area contributed by atoms with Gasteiger partial charge in [0.15, 0.2) is 5.82 Å². The lowest BCUT2D eigenvalue weighted by Crippen LogP contribution is -2.27. The first-order valence-electron chi connectivity index (χ1n) is 7.39. The molecule has 0 amide bonds. The molecule has 1 aromatic heterocycles. The largest absolute Gasteiger partial charge is 0.339 e. The minimum Gasteiger partial charge on any atom is -0.339 e. The Kier molecular flexibility index (Phi) is 3.83. The Hall–Kier alpha value is -1.68. The fourth-order valence-corrected chi connectivity index (χ4v) is 2.94. The number of hydrogen-bond donors (Lipinski definition) is 1. The van der Waals surface area contributed by atoms with Crippen LogP contribution in [0.1, 0.15) is 42.6 Å². The summed E-state index contributed by atoms with van der Waals surface area (Å²) >= 11 is 0. The quantitative estimate of drug-likeness (QED) is 0.907. The maximum Gasteiger partial charge on any atom is 0.228 e. The minimum atomic E-state index is 0.370. The van der Waals surface area contributed by atoms with Crippen molar-refractivity contribution in [2.45, 2.75) is 45.1 Å². The first kappa shape index (κ1) is 13.3. The van der Waals surface area contributed by atoms with E-state index >= 15 is 0 Å². The van der Waals surface area contributed by atoms with Gasteiger partial charge in [-0.2, -0.15) is 4.98 Å². The first-order chi connectivity index (χ1) is 9.76. The number of aromatic nitrogens is 2. The van der Waals surface area contributed by atoms with Gasteiger partial charge in [0.1, 0.15) is 0 Å². The molecule has 4 nitrogen and oxygen atoms in total. The van der Waals surface area contributed by atoms with Crippen molar-refractivity contribution in [2.24, 2.45) is 0 Å². The summed E-state index contributed by atoms with van der Waals surface area (Å²) in [5.74, 6) is 1.98. The van der Waals surface area contributed by atoms with Gasteiger partial charge >= 0.3 is 0 Å². The van der Waals surface area contributed by atoms with Crippen molar-refractivity contribution in [1.82, 2.24) is 15.5 Å². The van der Waals surface area contributed by atoms with Crippen LogP contribution in [-0.4, -0.2) is 22.7 Å². The van der Waals surface area contributed by atoms with E-state index in [0.717, 1.165) is 37.5 Å². The number of nitrogens with zero attached hydrogens (tertiary/aromatic N) is 2. The Morgan fingerprint density at radius 3 is 2.65 bits per heavy atom. The van der Waals surface area contributed by atoms with Crippen molar-refractivity contribution in [3.05, 3.63) is 47.1 Å². The lowest BCUT2D eigenvalue weighted by molar-refractivity contribution is 0.356. The van der Waals surface area contributed by atoms with Gasteiger partial charge in [-0.3, -0.25) is 0 Å². The van der Waals surface area contributed by atoms with E-state index in [1.54, 1.807) is 0 Å².